The molecular formula is C22H38N2O. The van der Waals surface area contributed by atoms with E-state index in [-0.39, 0.29) is 5.91 Å². The molecule has 1 amide bonds. The molecule has 0 aliphatic rings. The van der Waals surface area contributed by atoms with Gasteiger partial charge in [0.15, 0.2) is 0 Å². The number of carbonyl (C=O) groups excluding carboxylic acids is 1. The molecular weight excluding hydrogens is 308 g/mol. The fourth-order valence-electron chi connectivity index (χ4n) is 3.12. The van der Waals surface area contributed by atoms with Crippen molar-refractivity contribution >= 4 is 11.6 Å². The summed E-state index contributed by atoms with van der Waals surface area (Å²) < 4.78 is 0. The third kappa shape index (κ3) is 10.3. The lowest BCUT2D eigenvalue weighted by Gasteiger charge is -2.24. The second-order valence-electron chi connectivity index (χ2n) is 7.30. The van der Waals surface area contributed by atoms with Gasteiger partial charge in [0.2, 0.25) is 5.91 Å². The number of hydrogen-bond donors (Lipinski definition) is 0. The third-order valence-corrected chi connectivity index (χ3v) is 4.56. The lowest BCUT2D eigenvalue weighted by Crippen LogP contribution is -2.38. The first-order valence-electron chi connectivity index (χ1n) is 10.1. The Morgan fingerprint density at radius 3 is 1.84 bits per heavy atom. The molecule has 0 spiro atoms. The van der Waals surface area contributed by atoms with Gasteiger partial charge < -0.3 is 9.80 Å². The molecule has 0 heterocycles. The Balaban J connectivity index is 2.26. The summed E-state index contributed by atoms with van der Waals surface area (Å²) in [7, 11) is 3.89. The van der Waals surface area contributed by atoms with Crippen LogP contribution in [0.2, 0.25) is 0 Å². The Morgan fingerprint density at radius 1 is 0.800 bits per heavy atom. The second-order valence-corrected chi connectivity index (χ2v) is 7.30. The van der Waals surface area contributed by atoms with Crippen LogP contribution < -0.4 is 4.90 Å². The summed E-state index contributed by atoms with van der Waals surface area (Å²) in [5.41, 5.74) is 1.02. The maximum Gasteiger partial charge on any atom is 0.241 e. The fraction of sp³-hybridized carbons (Fsp3) is 0.682. The average Bonchev–Trinajstić information content (AvgIpc) is 2.60. The highest BCUT2D eigenvalue weighted by Crippen LogP contribution is 2.16. The van der Waals surface area contributed by atoms with Gasteiger partial charge in [-0.3, -0.25) is 4.79 Å². The molecule has 0 aliphatic carbocycles. The largest absolute Gasteiger partial charge is 0.311 e. The summed E-state index contributed by atoms with van der Waals surface area (Å²) in [6.07, 6.45) is 13.2. The van der Waals surface area contributed by atoms with Gasteiger partial charge in [-0.1, -0.05) is 82.9 Å². The molecule has 0 fully saturated rings. The monoisotopic (exact) mass is 346 g/mol. The molecule has 0 N–H and O–H groups in total. The van der Waals surface area contributed by atoms with E-state index in [9.17, 15) is 4.79 Å². The number of unbranched alkanes of at least 4 members (excludes halogenated alkanes) is 9. The van der Waals surface area contributed by atoms with Crippen LogP contribution in [-0.2, 0) is 4.79 Å². The van der Waals surface area contributed by atoms with Crippen LogP contribution in [0.3, 0.4) is 0 Å². The van der Waals surface area contributed by atoms with Crippen molar-refractivity contribution in [2.24, 2.45) is 0 Å². The average molecular weight is 347 g/mol. The zero-order chi connectivity index (χ0) is 18.3. The molecule has 0 radical (unpaired) electrons. The summed E-state index contributed by atoms with van der Waals surface area (Å²) in [5, 5.41) is 0. The number of anilines is 1. The van der Waals surface area contributed by atoms with Crippen LogP contribution in [0.25, 0.3) is 0 Å². The van der Waals surface area contributed by atoms with E-state index < -0.39 is 0 Å². The Kier molecular flexibility index (Phi) is 12.0. The number of para-hydroxylation sites is 1. The van der Waals surface area contributed by atoms with E-state index in [0.717, 1.165) is 18.7 Å². The van der Waals surface area contributed by atoms with Gasteiger partial charge in [-0.25, -0.2) is 0 Å². The molecule has 1 aromatic carbocycles. The molecule has 0 bridgehead atoms. The minimum Gasteiger partial charge on any atom is -0.311 e. The highest BCUT2D eigenvalue weighted by Gasteiger charge is 2.15. The number of rotatable bonds is 14. The van der Waals surface area contributed by atoms with Crippen molar-refractivity contribution < 1.29 is 4.79 Å². The van der Waals surface area contributed by atoms with Crippen molar-refractivity contribution in [3.05, 3.63) is 30.3 Å². The fourth-order valence-corrected chi connectivity index (χ4v) is 3.12. The predicted octanol–water partition coefficient (Wildman–Crippen LogP) is 5.50. The van der Waals surface area contributed by atoms with E-state index in [0.29, 0.717) is 6.54 Å². The maximum atomic E-state index is 12.5. The molecule has 3 heteroatoms. The molecule has 25 heavy (non-hydrogen) atoms. The molecule has 0 aromatic heterocycles. The van der Waals surface area contributed by atoms with Crippen LogP contribution in [0, 0.1) is 0 Å². The number of amides is 1. The number of carbonyl (C=O) groups is 1. The van der Waals surface area contributed by atoms with Crippen LogP contribution in [0.1, 0.15) is 71.1 Å². The molecule has 0 unspecified atom stereocenters. The third-order valence-electron chi connectivity index (χ3n) is 4.56. The van der Waals surface area contributed by atoms with E-state index in [1.807, 2.05) is 54.2 Å². The molecule has 0 saturated heterocycles. The van der Waals surface area contributed by atoms with Crippen molar-refractivity contribution in [1.82, 2.24) is 4.90 Å². The van der Waals surface area contributed by atoms with Crippen LogP contribution >= 0.6 is 0 Å². The number of hydrogen-bond acceptors (Lipinski definition) is 2. The first-order chi connectivity index (χ1) is 12.1. The minimum absolute atomic E-state index is 0.187. The van der Waals surface area contributed by atoms with E-state index in [4.69, 9.17) is 0 Å². The van der Waals surface area contributed by atoms with E-state index >= 15 is 0 Å². The van der Waals surface area contributed by atoms with Crippen molar-refractivity contribution in [3.8, 4) is 0 Å². The standard InChI is InChI=1S/C22H38N2O/c1-4-5-6-7-8-9-10-11-12-16-19-24(22(25)20-23(2)3)21-17-14-13-15-18-21/h13-15,17-18H,4-12,16,19-20H2,1-3H3. The zero-order valence-electron chi connectivity index (χ0n) is 16.7. The normalized spacial score (nSPS) is 11.0. The highest BCUT2D eigenvalue weighted by atomic mass is 16.2. The predicted molar refractivity (Wildman–Crippen MR) is 109 cm³/mol. The molecule has 0 saturated carbocycles. The Morgan fingerprint density at radius 2 is 1.32 bits per heavy atom. The van der Waals surface area contributed by atoms with E-state index in [2.05, 4.69) is 6.92 Å². The van der Waals surface area contributed by atoms with E-state index in [1.54, 1.807) is 0 Å². The molecule has 1 aromatic rings. The second kappa shape index (κ2) is 13.9. The van der Waals surface area contributed by atoms with Crippen LogP contribution in [-0.4, -0.2) is 38.0 Å². The first-order valence-corrected chi connectivity index (χ1v) is 10.1. The van der Waals surface area contributed by atoms with Gasteiger partial charge in [-0.05, 0) is 32.6 Å². The van der Waals surface area contributed by atoms with Crippen molar-refractivity contribution in [1.29, 1.82) is 0 Å². The van der Waals surface area contributed by atoms with Gasteiger partial charge in [0.05, 0.1) is 6.54 Å². The summed E-state index contributed by atoms with van der Waals surface area (Å²) in [6.45, 7) is 3.56. The number of benzene rings is 1. The Labute approximate surface area is 155 Å². The Bertz CT molecular complexity index is 445. The maximum absolute atomic E-state index is 12.5. The van der Waals surface area contributed by atoms with Gasteiger partial charge in [0.1, 0.15) is 0 Å². The van der Waals surface area contributed by atoms with Crippen molar-refractivity contribution in [2.45, 2.75) is 71.1 Å². The molecule has 0 aliphatic heterocycles. The zero-order valence-corrected chi connectivity index (χ0v) is 16.7. The lowest BCUT2D eigenvalue weighted by molar-refractivity contribution is -0.119. The van der Waals surface area contributed by atoms with Crippen molar-refractivity contribution in [3.63, 3.8) is 0 Å². The number of nitrogens with zero attached hydrogens (tertiary/aromatic N) is 2. The van der Waals surface area contributed by atoms with Crippen LogP contribution in [0.5, 0.6) is 0 Å². The quantitative estimate of drug-likeness (QED) is 0.415. The summed E-state index contributed by atoms with van der Waals surface area (Å²) >= 11 is 0. The summed E-state index contributed by atoms with van der Waals surface area (Å²) in [6, 6.07) is 10.1. The van der Waals surface area contributed by atoms with Crippen LogP contribution in [0.15, 0.2) is 30.3 Å². The summed E-state index contributed by atoms with van der Waals surface area (Å²) in [5.74, 6) is 0.187. The van der Waals surface area contributed by atoms with Crippen LogP contribution in [0.4, 0.5) is 5.69 Å². The van der Waals surface area contributed by atoms with Gasteiger partial charge in [-0.15, -0.1) is 0 Å². The van der Waals surface area contributed by atoms with Gasteiger partial charge >= 0.3 is 0 Å². The van der Waals surface area contributed by atoms with Gasteiger partial charge in [0, 0.05) is 12.2 Å². The molecule has 3 nitrogen and oxygen atoms in total. The molecule has 1 rings (SSSR count). The van der Waals surface area contributed by atoms with E-state index in [1.165, 1.54) is 57.8 Å². The molecule has 0 atom stereocenters. The van der Waals surface area contributed by atoms with Crippen molar-refractivity contribution in [2.75, 3.05) is 32.1 Å². The highest BCUT2D eigenvalue weighted by molar-refractivity contribution is 5.94. The Hall–Kier alpha value is -1.35. The minimum atomic E-state index is 0.187. The first kappa shape index (κ1) is 21.7. The lowest BCUT2D eigenvalue weighted by atomic mass is 10.1. The number of likely N-dealkylation sites (N-methyl/N-ethyl adjacent to an activating group) is 1. The smallest absolute Gasteiger partial charge is 0.241 e. The van der Waals surface area contributed by atoms with Gasteiger partial charge in [0.25, 0.3) is 0 Å². The SMILES string of the molecule is CCCCCCCCCCCCN(C(=O)CN(C)C)c1ccccc1. The summed E-state index contributed by atoms with van der Waals surface area (Å²) in [4.78, 5) is 16.4. The van der Waals surface area contributed by atoms with Gasteiger partial charge in [-0.2, -0.15) is 0 Å². The molecule has 142 valence electrons. The topological polar surface area (TPSA) is 23.6 Å².